The molecule has 2 nitrogen and oxygen atoms in total. The van der Waals surface area contributed by atoms with Gasteiger partial charge >= 0.3 is 12.1 Å². The number of benzene rings is 1. The molecule has 0 aliphatic carbocycles. The highest BCUT2D eigenvalue weighted by Crippen LogP contribution is 2.23. The van der Waals surface area contributed by atoms with E-state index >= 15 is 0 Å². The summed E-state index contributed by atoms with van der Waals surface area (Å²) in [5, 5.41) is 0.253. The van der Waals surface area contributed by atoms with Crippen molar-refractivity contribution in [3.05, 3.63) is 34.9 Å². The van der Waals surface area contributed by atoms with E-state index in [9.17, 15) is 18.0 Å². The number of carbonyl (C=O) groups excluding carboxylic acids is 1. The summed E-state index contributed by atoms with van der Waals surface area (Å²) >= 11 is 10.9. The van der Waals surface area contributed by atoms with E-state index in [0.717, 1.165) is 0 Å². The summed E-state index contributed by atoms with van der Waals surface area (Å²) in [6.45, 7) is -0.403. The number of hydrogen-bond acceptors (Lipinski definition) is 1. The zero-order chi connectivity index (χ0) is 12.3. The molecule has 0 bridgehead atoms. The minimum Gasteiger partial charge on any atom is -0.263 e. The van der Waals surface area contributed by atoms with E-state index in [1.807, 2.05) is 0 Å². The first-order valence-electron chi connectivity index (χ1n) is 4.10. The highest BCUT2D eigenvalue weighted by atomic mass is 35.5. The van der Waals surface area contributed by atoms with Gasteiger partial charge in [0.2, 0.25) is 0 Å². The van der Waals surface area contributed by atoms with Crippen LogP contribution in [-0.4, -0.2) is 16.5 Å². The summed E-state index contributed by atoms with van der Waals surface area (Å²) in [5.41, 5.74) is 0.344. The van der Waals surface area contributed by atoms with Gasteiger partial charge in [-0.3, -0.25) is 4.79 Å². The Labute approximate surface area is 99.7 Å². The molecule has 0 atom stereocenters. The smallest absolute Gasteiger partial charge is 0.263 e. The van der Waals surface area contributed by atoms with Crippen molar-refractivity contribution in [2.24, 2.45) is 0 Å². The standard InChI is InChI=1S/C9H6Cl2F3NO/c10-7-4-2-1-3-6(7)5-15(11)8(16)9(12,13)14/h1-4H,5H2. The molecular formula is C9H6Cl2F3NO. The van der Waals surface area contributed by atoms with Crippen LogP contribution in [0.5, 0.6) is 0 Å². The van der Waals surface area contributed by atoms with Gasteiger partial charge in [-0.05, 0) is 11.6 Å². The van der Waals surface area contributed by atoms with Crippen LogP contribution in [0.4, 0.5) is 13.2 Å². The van der Waals surface area contributed by atoms with E-state index < -0.39 is 18.6 Å². The first-order chi connectivity index (χ1) is 7.32. The molecule has 0 heterocycles. The molecule has 0 unspecified atom stereocenters. The quantitative estimate of drug-likeness (QED) is 0.756. The molecule has 16 heavy (non-hydrogen) atoms. The van der Waals surface area contributed by atoms with Crippen LogP contribution in [0.1, 0.15) is 5.56 Å². The van der Waals surface area contributed by atoms with Crippen LogP contribution in [0.25, 0.3) is 0 Å². The third-order valence-corrected chi connectivity index (χ3v) is 2.37. The summed E-state index contributed by atoms with van der Waals surface area (Å²) < 4.78 is 36.0. The van der Waals surface area contributed by atoms with Gasteiger partial charge in [0.1, 0.15) is 0 Å². The fourth-order valence-corrected chi connectivity index (χ4v) is 1.41. The predicted molar refractivity (Wildman–Crippen MR) is 53.9 cm³/mol. The van der Waals surface area contributed by atoms with Crippen molar-refractivity contribution >= 4 is 29.3 Å². The summed E-state index contributed by atoms with van der Waals surface area (Å²) in [7, 11) is 0. The lowest BCUT2D eigenvalue weighted by Gasteiger charge is -2.16. The Bertz CT molecular complexity index is 395. The highest BCUT2D eigenvalue weighted by Gasteiger charge is 2.42. The van der Waals surface area contributed by atoms with Gasteiger partial charge in [0, 0.05) is 16.8 Å². The predicted octanol–water partition coefficient (Wildman–Crippen LogP) is 3.38. The maximum Gasteiger partial charge on any atom is 0.472 e. The highest BCUT2D eigenvalue weighted by molar-refractivity contribution is 6.31. The second kappa shape index (κ2) is 4.93. The van der Waals surface area contributed by atoms with Crippen LogP contribution < -0.4 is 0 Å². The second-order valence-electron chi connectivity index (χ2n) is 2.91. The van der Waals surface area contributed by atoms with Crippen LogP contribution in [0.2, 0.25) is 5.02 Å². The number of hydrogen-bond donors (Lipinski definition) is 0. The molecule has 88 valence electrons. The van der Waals surface area contributed by atoms with Gasteiger partial charge in [0.15, 0.2) is 0 Å². The topological polar surface area (TPSA) is 20.3 Å². The number of nitrogens with zero attached hydrogens (tertiary/aromatic N) is 1. The summed E-state index contributed by atoms with van der Waals surface area (Å²) in [6, 6.07) is 6.20. The molecule has 0 fully saturated rings. The number of amides is 1. The average Bonchev–Trinajstić information content (AvgIpc) is 2.19. The Hall–Kier alpha value is -0.940. The van der Waals surface area contributed by atoms with Crippen molar-refractivity contribution in [2.75, 3.05) is 0 Å². The van der Waals surface area contributed by atoms with Crippen LogP contribution >= 0.6 is 23.4 Å². The molecule has 0 aliphatic heterocycles. The van der Waals surface area contributed by atoms with E-state index in [-0.39, 0.29) is 9.44 Å². The number of halogens is 5. The minimum absolute atomic E-state index is 0.0568. The van der Waals surface area contributed by atoms with Gasteiger partial charge in [0.05, 0.1) is 6.54 Å². The molecule has 1 rings (SSSR count). The van der Waals surface area contributed by atoms with Crippen LogP contribution in [0, 0.1) is 0 Å². The van der Waals surface area contributed by atoms with Gasteiger partial charge in [-0.1, -0.05) is 29.8 Å². The van der Waals surface area contributed by atoms with E-state index in [2.05, 4.69) is 0 Å². The van der Waals surface area contributed by atoms with Crippen molar-refractivity contribution in [1.82, 2.24) is 4.42 Å². The lowest BCUT2D eigenvalue weighted by atomic mass is 10.2. The van der Waals surface area contributed by atoms with Crippen LogP contribution in [0.3, 0.4) is 0 Å². The van der Waals surface area contributed by atoms with E-state index in [4.69, 9.17) is 23.4 Å². The molecule has 0 aliphatic rings. The molecule has 0 spiro atoms. The number of alkyl halides is 3. The molecule has 7 heteroatoms. The minimum atomic E-state index is -4.98. The SMILES string of the molecule is O=C(N(Cl)Cc1ccccc1Cl)C(F)(F)F. The Morgan fingerprint density at radius 2 is 1.88 bits per heavy atom. The third-order valence-electron chi connectivity index (χ3n) is 1.73. The maximum atomic E-state index is 12.0. The van der Waals surface area contributed by atoms with Crippen LogP contribution in [0.15, 0.2) is 24.3 Å². The van der Waals surface area contributed by atoms with Crippen molar-refractivity contribution in [3.8, 4) is 0 Å². The van der Waals surface area contributed by atoms with E-state index in [1.165, 1.54) is 12.1 Å². The zero-order valence-corrected chi connectivity index (χ0v) is 9.27. The van der Waals surface area contributed by atoms with Crippen molar-refractivity contribution in [2.45, 2.75) is 12.7 Å². The molecule has 0 radical (unpaired) electrons. The zero-order valence-electron chi connectivity index (χ0n) is 7.76. The second-order valence-corrected chi connectivity index (χ2v) is 3.73. The summed E-state index contributed by atoms with van der Waals surface area (Å²) in [4.78, 5) is 10.7. The summed E-state index contributed by atoms with van der Waals surface area (Å²) in [6.07, 6.45) is -4.98. The Morgan fingerprint density at radius 3 is 2.38 bits per heavy atom. The molecule has 0 saturated heterocycles. The van der Waals surface area contributed by atoms with Crippen LogP contribution in [-0.2, 0) is 11.3 Å². The molecule has 1 amide bonds. The fourth-order valence-electron chi connectivity index (χ4n) is 0.986. The maximum absolute atomic E-state index is 12.0. The van der Waals surface area contributed by atoms with Gasteiger partial charge in [-0.15, -0.1) is 0 Å². The molecule has 0 aromatic heterocycles. The third kappa shape index (κ3) is 3.28. The van der Waals surface area contributed by atoms with Gasteiger partial charge in [0.25, 0.3) is 0 Å². The van der Waals surface area contributed by atoms with Crippen molar-refractivity contribution < 1.29 is 18.0 Å². The molecule has 0 saturated carbocycles. The van der Waals surface area contributed by atoms with Crippen molar-refractivity contribution in [3.63, 3.8) is 0 Å². The number of carbonyl (C=O) groups is 1. The van der Waals surface area contributed by atoms with Gasteiger partial charge < -0.3 is 0 Å². The lowest BCUT2D eigenvalue weighted by Crippen LogP contribution is -2.34. The lowest BCUT2D eigenvalue weighted by molar-refractivity contribution is -0.180. The largest absolute Gasteiger partial charge is 0.472 e. The van der Waals surface area contributed by atoms with Gasteiger partial charge in [-0.2, -0.15) is 13.2 Å². The van der Waals surface area contributed by atoms with E-state index in [1.54, 1.807) is 12.1 Å². The van der Waals surface area contributed by atoms with Crippen molar-refractivity contribution in [1.29, 1.82) is 0 Å². The first kappa shape index (κ1) is 13.1. The molecule has 1 aromatic carbocycles. The summed E-state index contributed by atoms with van der Waals surface area (Å²) in [5.74, 6) is -2.12. The molecular weight excluding hydrogens is 266 g/mol. The fraction of sp³-hybridized carbons (Fsp3) is 0.222. The monoisotopic (exact) mass is 271 g/mol. The van der Waals surface area contributed by atoms with Gasteiger partial charge in [-0.25, -0.2) is 4.42 Å². The average molecular weight is 272 g/mol. The first-order valence-corrected chi connectivity index (χ1v) is 4.82. The molecule has 0 N–H and O–H groups in total. The Morgan fingerprint density at radius 1 is 1.31 bits per heavy atom. The number of rotatable bonds is 2. The Balaban J connectivity index is 2.76. The normalized spacial score (nSPS) is 11.3. The molecule has 1 aromatic rings. The van der Waals surface area contributed by atoms with E-state index in [0.29, 0.717) is 5.56 Å². The Kier molecular flexibility index (Phi) is 4.04.